The Morgan fingerprint density at radius 2 is 0.565 bits per heavy atom. The van der Waals surface area contributed by atoms with Crippen LogP contribution in [0, 0.1) is 0 Å². The van der Waals surface area contributed by atoms with Crippen LogP contribution in [0.3, 0.4) is 0 Å². The van der Waals surface area contributed by atoms with Crippen LogP contribution in [0.1, 0.15) is 226 Å². The quantitative estimate of drug-likeness (QED) is 0.0262. The van der Waals surface area contributed by atoms with E-state index in [9.17, 15) is 14.4 Å². The Morgan fingerprint density at radius 1 is 0.304 bits per heavy atom. The van der Waals surface area contributed by atoms with E-state index in [-0.39, 0.29) is 31.1 Å². The highest BCUT2D eigenvalue weighted by molar-refractivity contribution is 5.71. The third-order valence-electron chi connectivity index (χ3n) is 11.1. The molecule has 0 aliphatic heterocycles. The molecule has 0 fully saturated rings. The van der Waals surface area contributed by atoms with Gasteiger partial charge in [-0.15, -0.1) is 0 Å². The molecule has 0 aromatic carbocycles. The first-order valence-electron chi connectivity index (χ1n) is 27.7. The predicted molar refractivity (Wildman–Crippen MR) is 297 cm³/mol. The summed E-state index contributed by atoms with van der Waals surface area (Å²) in [7, 11) is 0. The van der Waals surface area contributed by atoms with Crippen LogP contribution in [0.5, 0.6) is 0 Å². The number of hydrogen-bond acceptors (Lipinski definition) is 6. The largest absolute Gasteiger partial charge is 0.462 e. The zero-order chi connectivity index (χ0) is 50.0. The first-order valence-corrected chi connectivity index (χ1v) is 27.7. The fourth-order valence-electron chi connectivity index (χ4n) is 6.97. The van der Waals surface area contributed by atoms with Crippen LogP contribution in [0.2, 0.25) is 0 Å². The summed E-state index contributed by atoms with van der Waals surface area (Å²) in [5, 5.41) is 0. The van der Waals surface area contributed by atoms with Crippen LogP contribution in [0.25, 0.3) is 0 Å². The summed E-state index contributed by atoms with van der Waals surface area (Å²) in [6.45, 7) is 6.33. The van der Waals surface area contributed by atoms with Crippen LogP contribution in [0.15, 0.2) is 134 Å². The van der Waals surface area contributed by atoms with Crippen molar-refractivity contribution in [2.75, 3.05) is 13.2 Å². The SMILES string of the molecule is CC/C=C\C/C=C\C/C=C\C/C=C\C/C=C\C/C=C\C/C=C\C/C=C\C/C=C\CCCCCC(=O)OCC(COC(=O)CCCCCCC/C=C\CCC)OC(=O)CCCCCCC/C=C\CCC. The number of rotatable bonds is 48. The molecule has 0 amide bonds. The summed E-state index contributed by atoms with van der Waals surface area (Å²) in [5.41, 5.74) is 0. The highest BCUT2D eigenvalue weighted by Gasteiger charge is 2.19. The lowest BCUT2D eigenvalue weighted by Gasteiger charge is -2.18. The summed E-state index contributed by atoms with van der Waals surface area (Å²) < 4.78 is 16.7. The van der Waals surface area contributed by atoms with E-state index >= 15 is 0 Å². The molecule has 0 saturated carbocycles. The highest BCUT2D eigenvalue weighted by atomic mass is 16.6. The van der Waals surface area contributed by atoms with Crippen LogP contribution >= 0.6 is 0 Å². The number of carbonyl (C=O) groups excluding carboxylic acids is 3. The van der Waals surface area contributed by atoms with Gasteiger partial charge in [0.15, 0.2) is 6.10 Å². The van der Waals surface area contributed by atoms with E-state index in [1.165, 1.54) is 25.7 Å². The lowest BCUT2D eigenvalue weighted by Crippen LogP contribution is -2.30. The molecular formula is C63H100O6. The van der Waals surface area contributed by atoms with Gasteiger partial charge in [-0.3, -0.25) is 14.4 Å². The number of esters is 3. The van der Waals surface area contributed by atoms with Crippen molar-refractivity contribution < 1.29 is 28.6 Å². The second-order valence-corrected chi connectivity index (χ2v) is 17.7. The Labute approximate surface area is 424 Å². The average Bonchev–Trinajstić information content (AvgIpc) is 3.35. The summed E-state index contributed by atoms with van der Waals surface area (Å²) in [4.78, 5) is 37.9. The van der Waals surface area contributed by atoms with Gasteiger partial charge >= 0.3 is 17.9 Å². The third-order valence-corrected chi connectivity index (χ3v) is 11.1. The molecule has 69 heavy (non-hydrogen) atoms. The van der Waals surface area contributed by atoms with Gasteiger partial charge in [0.1, 0.15) is 13.2 Å². The van der Waals surface area contributed by atoms with Crippen LogP contribution in [-0.2, 0) is 28.6 Å². The van der Waals surface area contributed by atoms with E-state index in [4.69, 9.17) is 14.2 Å². The third kappa shape index (κ3) is 54.4. The average molecular weight is 953 g/mol. The van der Waals surface area contributed by atoms with Crippen molar-refractivity contribution in [3.8, 4) is 0 Å². The Kier molecular flexibility index (Phi) is 52.5. The van der Waals surface area contributed by atoms with E-state index in [0.29, 0.717) is 19.3 Å². The minimum Gasteiger partial charge on any atom is -0.462 e. The number of ether oxygens (including phenoxy) is 3. The first-order chi connectivity index (χ1) is 34.0. The Morgan fingerprint density at radius 3 is 0.913 bits per heavy atom. The first kappa shape index (κ1) is 64.5. The molecule has 0 aliphatic rings. The van der Waals surface area contributed by atoms with Gasteiger partial charge in [0.25, 0.3) is 0 Å². The summed E-state index contributed by atoms with van der Waals surface area (Å²) in [5.74, 6) is -0.966. The molecule has 0 bridgehead atoms. The van der Waals surface area contributed by atoms with Crippen LogP contribution in [0.4, 0.5) is 0 Å². The fourth-order valence-corrected chi connectivity index (χ4v) is 6.97. The van der Waals surface area contributed by atoms with Crippen molar-refractivity contribution >= 4 is 17.9 Å². The highest BCUT2D eigenvalue weighted by Crippen LogP contribution is 2.13. The molecule has 0 saturated heterocycles. The van der Waals surface area contributed by atoms with Gasteiger partial charge in [0, 0.05) is 19.3 Å². The molecule has 6 heteroatoms. The second kappa shape index (κ2) is 56.1. The normalized spacial score (nSPS) is 13.1. The molecule has 1 unspecified atom stereocenters. The minimum atomic E-state index is -0.801. The number of hydrogen-bond donors (Lipinski definition) is 0. The van der Waals surface area contributed by atoms with Gasteiger partial charge in [-0.2, -0.15) is 0 Å². The van der Waals surface area contributed by atoms with Crippen molar-refractivity contribution in [3.63, 3.8) is 0 Å². The van der Waals surface area contributed by atoms with Crippen LogP contribution < -0.4 is 0 Å². The number of carbonyl (C=O) groups is 3. The topological polar surface area (TPSA) is 78.9 Å². The minimum absolute atomic E-state index is 0.100. The van der Waals surface area contributed by atoms with E-state index in [0.717, 1.165) is 161 Å². The molecule has 0 aromatic heterocycles. The summed E-state index contributed by atoms with van der Waals surface area (Å²) >= 11 is 0. The predicted octanol–water partition coefficient (Wildman–Crippen LogP) is 18.6. The van der Waals surface area contributed by atoms with Crippen molar-refractivity contribution in [1.82, 2.24) is 0 Å². The lowest BCUT2D eigenvalue weighted by molar-refractivity contribution is -0.167. The van der Waals surface area contributed by atoms with Gasteiger partial charge in [-0.1, -0.05) is 212 Å². The van der Waals surface area contributed by atoms with E-state index < -0.39 is 6.10 Å². The van der Waals surface area contributed by atoms with Gasteiger partial charge < -0.3 is 14.2 Å². The monoisotopic (exact) mass is 953 g/mol. The fraction of sp³-hybridized carbons (Fsp3) is 0.603. The van der Waals surface area contributed by atoms with E-state index in [2.05, 4.69) is 154 Å². The van der Waals surface area contributed by atoms with Gasteiger partial charge in [-0.05, 0) is 128 Å². The molecule has 0 aliphatic carbocycles. The maximum Gasteiger partial charge on any atom is 0.306 e. The maximum absolute atomic E-state index is 12.7. The van der Waals surface area contributed by atoms with Crippen LogP contribution in [-0.4, -0.2) is 37.2 Å². The molecule has 0 aromatic rings. The van der Waals surface area contributed by atoms with Gasteiger partial charge in [-0.25, -0.2) is 0 Å². The Hall–Kier alpha value is -4.45. The molecular weight excluding hydrogens is 853 g/mol. The summed E-state index contributed by atoms with van der Waals surface area (Å²) in [6, 6.07) is 0. The second-order valence-electron chi connectivity index (χ2n) is 17.7. The molecule has 6 nitrogen and oxygen atoms in total. The zero-order valence-corrected chi connectivity index (χ0v) is 44.3. The molecule has 0 heterocycles. The van der Waals surface area contributed by atoms with Crippen molar-refractivity contribution in [1.29, 1.82) is 0 Å². The molecule has 0 rings (SSSR count). The Bertz CT molecular complexity index is 1510. The Balaban J connectivity index is 4.27. The molecule has 1 atom stereocenters. The molecule has 0 N–H and O–H groups in total. The lowest BCUT2D eigenvalue weighted by atomic mass is 10.1. The summed E-state index contributed by atoms with van der Waals surface area (Å²) in [6.07, 6.45) is 78.9. The van der Waals surface area contributed by atoms with E-state index in [1.807, 2.05) is 0 Å². The molecule has 0 radical (unpaired) electrons. The van der Waals surface area contributed by atoms with Gasteiger partial charge in [0.2, 0.25) is 0 Å². The van der Waals surface area contributed by atoms with Gasteiger partial charge in [0.05, 0.1) is 0 Å². The maximum atomic E-state index is 12.7. The van der Waals surface area contributed by atoms with Crippen molar-refractivity contribution in [2.45, 2.75) is 232 Å². The number of unbranched alkanes of at least 4 members (excludes halogenated alkanes) is 15. The smallest absolute Gasteiger partial charge is 0.306 e. The standard InChI is InChI=1S/C63H100O6/c1-4-7-10-13-16-19-22-23-24-25-26-27-28-29-30-31-32-33-34-35-36-37-38-39-40-41-42-45-47-50-53-56-62(65)68-59-60(69-63(66)57-54-51-48-44-21-18-15-12-9-6-3)58-67-61(64)55-52-49-46-43-20-17-14-11-8-5-2/h7,10-12,14-16,19,23-24,26-27,29-30,32-33,35-36,38-39,41-42,60H,4-6,8-9,13,17-18,20-22,25,28,31,34,37,40,43-59H2,1-3H3/b10-7-,14-11-,15-12-,19-16-,24-23-,27-26-,30-29-,33-32-,36-35-,39-38-,42-41-. The molecule has 388 valence electrons. The van der Waals surface area contributed by atoms with Crippen molar-refractivity contribution in [2.24, 2.45) is 0 Å². The zero-order valence-electron chi connectivity index (χ0n) is 44.3. The molecule has 0 spiro atoms. The number of allylic oxidation sites excluding steroid dienone is 22. The van der Waals surface area contributed by atoms with Crippen molar-refractivity contribution in [3.05, 3.63) is 134 Å². The van der Waals surface area contributed by atoms with E-state index in [1.54, 1.807) is 0 Å².